The van der Waals surface area contributed by atoms with Crippen molar-refractivity contribution in [2.24, 2.45) is 28.3 Å². The van der Waals surface area contributed by atoms with Gasteiger partial charge in [0.1, 0.15) is 17.4 Å². The number of carbonyl (C=O) groups is 1. The molecule has 0 aliphatic heterocycles. The van der Waals surface area contributed by atoms with Gasteiger partial charge < -0.3 is 15.3 Å². The number of fused-ring (bicyclic) bond motifs is 5. The predicted molar refractivity (Wildman–Crippen MR) is 128 cm³/mol. The van der Waals surface area contributed by atoms with Gasteiger partial charge in [-0.25, -0.2) is 9.37 Å². The maximum Gasteiger partial charge on any atom is 0.225 e. The third-order valence-electron chi connectivity index (χ3n) is 8.67. The molecule has 2 fully saturated rings. The van der Waals surface area contributed by atoms with E-state index in [1.54, 1.807) is 37.6 Å². The van der Waals surface area contributed by atoms with Crippen LogP contribution < -0.4 is 10.1 Å². The number of nitrogens with one attached hydrogen (secondary N) is 1. The maximum absolute atomic E-state index is 13.8. The third-order valence-corrected chi connectivity index (χ3v) is 8.67. The highest BCUT2D eigenvalue weighted by Gasteiger charge is 2.57. The molecule has 0 bridgehead atoms. The average molecular weight is 466 g/mol. The van der Waals surface area contributed by atoms with Crippen molar-refractivity contribution in [3.05, 3.63) is 53.5 Å². The van der Waals surface area contributed by atoms with E-state index in [-0.39, 0.29) is 23.1 Å². The second-order valence-corrected chi connectivity index (χ2v) is 10.3. The standard InChI is InChI=1S/C27H32FN3O3/c1-27-12-11-21-20-8-5-18(28)13-16(20)3-7-22(21)26(27)17(14-23(27)31-33)4-10-25(32)30-24-9-6-19(34-2)15-29-24/h5-6,8-9,13,15,17,21-22,26,33H,3-4,7,10-12,14H2,1-2H3,(H,29,30,32)/b31-23+/t17-,21?,22?,26?,27-/m1/s1. The molecule has 0 spiro atoms. The number of carbonyl (C=O) groups excluding carboxylic acids is 1. The molecule has 6 nitrogen and oxygen atoms in total. The van der Waals surface area contributed by atoms with Gasteiger partial charge in [0, 0.05) is 11.8 Å². The highest BCUT2D eigenvalue weighted by Crippen LogP contribution is 2.62. The van der Waals surface area contributed by atoms with Crippen LogP contribution in [0.2, 0.25) is 0 Å². The molecule has 2 aromatic rings. The van der Waals surface area contributed by atoms with Gasteiger partial charge in [-0.2, -0.15) is 0 Å². The Bertz CT molecular complexity index is 1100. The van der Waals surface area contributed by atoms with Gasteiger partial charge in [-0.3, -0.25) is 4.79 Å². The van der Waals surface area contributed by atoms with E-state index >= 15 is 0 Å². The Kier molecular flexibility index (Phi) is 6.04. The van der Waals surface area contributed by atoms with E-state index in [9.17, 15) is 14.4 Å². The van der Waals surface area contributed by atoms with Crippen LogP contribution in [0.5, 0.6) is 5.75 Å². The van der Waals surface area contributed by atoms with Crippen LogP contribution in [0.4, 0.5) is 10.2 Å². The minimum Gasteiger partial charge on any atom is -0.495 e. The fourth-order valence-corrected chi connectivity index (χ4v) is 7.15. The Morgan fingerprint density at radius 1 is 1.32 bits per heavy atom. The molecule has 1 aromatic heterocycles. The number of methoxy groups -OCH3 is 1. The zero-order chi connectivity index (χ0) is 23.9. The van der Waals surface area contributed by atoms with E-state index in [0.29, 0.717) is 35.7 Å². The summed E-state index contributed by atoms with van der Waals surface area (Å²) in [5, 5.41) is 16.5. The second-order valence-electron chi connectivity index (χ2n) is 10.3. The number of ether oxygens (including phenoxy) is 1. The Balaban J connectivity index is 1.32. The van der Waals surface area contributed by atoms with Gasteiger partial charge in [-0.15, -0.1) is 0 Å². The van der Waals surface area contributed by atoms with Crippen LogP contribution in [0.1, 0.15) is 62.5 Å². The number of nitrogens with zero attached hydrogens (tertiary/aromatic N) is 2. The first-order chi connectivity index (χ1) is 16.4. The highest BCUT2D eigenvalue weighted by molar-refractivity contribution is 5.93. The van der Waals surface area contributed by atoms with Gasteiger partial charge >= 0.3 is 0 Å². The van der Waals surface area contributed by atoms with Crippen molar-refractivity contribution in [1.29, 1.82) is 0 Å². The number of anilines is 1. The van der Waals surface area contributed by atoms with Gasteiger partial charge in [0.25, 0.3) is 0 Å². The molecule has 34 heavy (non-hydrogen) atoms. The molecular formula is C27H32FN3O3. The molecule has 1 aromatic carbocycles. The van der Waals surface area contributed by atoms with Crippen LogP contribution in [-0.4, -0.2) is 28.9 Å². The summed E-state index contributed by atoms with van der Waals surface area (Å²) in [6.07, 6.45) is 7.30. The summed E-state index contributed by atoms with van der Waals surface area (Å²) >= 11 is 0. The lowest BCUT2D eigenvalue weighted by Crippen LogP contribution is -2.44. The molecule has 0 saturated heterocycles. The van der Waals surface area contributed by atoms with E-state index in [1.165, 1.54) is 5.56 Å². The summed E-state index contributed by atoms with van der Waals surface area (Å²) in [5.41, 5.74) is 3.16. The smallest absolute Gasteiger partial charge is 0.225 e. The molecular weight excluding hydrogens is 433 g/mol. The highest BCUT2D eigenvalue weighted by atomic mass is 19.1. The monoisotopic (exact) mass is 465 g/mol. The molecule has 3 aliphatic carbocycles. The topological polar surface area (TPSA) is 83.8 Å². The number of oxime groups is 1. The zero-order valence-electron chi connectivity index (χ0n) is 19.8. The van der Waals surface area contributed by atoms with E-state index < -0.39 is 0 Å². The Morgan fingerprint density at radius 2 is 2.18 bits per heavy atom. The number of rotatable bonds is 5. The summed E-state index contributed by atoms with van der Waals surface area (Å²) < 4.78 is 18.9. The van der Waals surface area contributed by atoms with E-state index in [0.717, 1.165) is 49.8 Å². The minimum atomic E-state index is -0.163. The summed E-state index contributed by atoms with van der Waals surface area (Å²) in [6, 6.07) is 8.76. The Labute approximate surface area is 199 Å². The van der Waals surface area contributed by atoms with Crippen LogP contribution in [0.25, 0.3) is 0 Å². The van der Waals surface area contributed by atoms with Crippen molar-refractivity contribution in [2.75, 3.05) is 12.4 Å². The first kappa shape index (κ1) is 22.8. The van der Waals surface area contributed by atoms with E-state index in [4.69, 9.17) is 4.74 Å². The summed E-state index contributed by atoms with van der Waals surface area (Å²) in [7, 11) is 1.58. The normalized spacial score (nSPS) is 30.9. The van der Waals surface area contributed by atoms with Gasteiger partial charge in [0.05, 0.1) is 19.0 Å². The lowest BCUT2D eigenvalue weighted by molar-refractivity contribution is -0.116. The van der Waals surface area contributed by atoms with Crippen molar-refractivity contribution in [1.82, 2.24) is 4.98 Å². The Morgan fingerprint density at radius 3 is 2.91 bits per heavy atom. The van der Waals surface area contributed by atoms with Crippen molar-refractivity contribution in [3.8, 4) is 5.75 Å². The van der Waals surface area contributed by atoms with Crippen LogP contribution in [0.3, 0.4) is 0 Å². The molecule has 0 radical (unpaired) electrons. The van der Waals surface area contributed by atoms with Gasteiger partial charge in [-0.1, -0.05) is 18.1 Å². The minimum absolute atomic E-state index is 0.0643. The zero-order valence-corrected chi connectivity index (χ0v) is 19.8. The number of pyridine rings is 1. The fourth-order valence-electron chi connectivity index (χ4n) is 7.15. The predicted octanol–water partition coefficient (Wildman–Crippen LogP) is 5.56. The quantitative estimate of drug-likeness (QED) is 0.447. The molecule has 7 heteroatoms. The number of hydrogen-bond donors (Lipinski definition) is 2. The second kappa shape index (κ2) is 9.01. The number of halogens is 1. The summed E-state index contributed by atoms with van der Waals surface area (Å²) in [6.45, 7) is 2.24. The summed E-state index contributed by atoms with van der Waals surface area (Å²) in [4.78, 5) is 16.9. The fraction of sp³-hybridized carbons (Fsp3) is 0.519. The van der Waals surface area contributed by atoms with Gasteiger partial charge in [-0.05, 0) is 97.6 Å². The van der Waals surface area contributed by atoms with Crippen LogP contribution in [0.15, 0.2) is 41.7 Å². The molecule has 180 valence electrons. The van der Waals surface area contributed by atoms with E-state index in [1.807, 2.05) is 6.07 Å². The maximum atomic E-state index is 13.8. The van der Waals surface area contributed by atoms with Crippen molar-refractivity contribution >= 4 is 17.4 Å². The number of hydrogen-bond acceptors (Lipinski definition) is 5. The van der Waals surface area contributed by atoms with Crippen LogP contribution in [-0.2, 0) is 11.2 Å². The third kappa shape index (κ3) is 3.95. The molecule has 5 atom stereocenters. The van der Waals surface area contributed by atoms with Gasteiger partial charge in [0.15, 0.2) is 0 Å². The molecule has 2 N–H and O–H groups in total. The van der Waals surface area contributed by atoms with Crippen LogP contribution >= 0.6 is 0 Å². The van der Waals surface area contributed by atoms with Crippen LogP contribution in [0, 0.1) is 29.0 Å². The molecule has 3 unspecified atom stereocenters. The largest absolute Gasteiger partial charge is 0.495 e. The first-order valence-corrected chi connectivity index (χ1v) is 12.2. The average Bonchev–Trinajstić information content (AvgIpc) is 3.14. The molecule has 1 amide bonds. The van der Waals surface area contributed by atoms with Crippen molar-refractivity contribution in [2.45, 2.75) is 57.8 Å². The number of aromatic nitrogens is 1. The molecule has 1 heterocycles. The number of amides is 1. The number of aryl methyl sites for hydroxylation is 1. The van der Waals surface area contributed by atoms with E-state index in [2.05, 4.69) is 22.4 Å². The lowest BCUT2D eigenvalue weighted by Gasteiger charge is -2.50. The summed E-state index contributed by atoms with van der Waals surface area (Å²) in [5.74, 6) is 2.40. The first-order valence-electron chi connectivity index (χ1n) is 12.2. The SMILES string of the molecule is COc1ccc(NC(=O)CC[C@@H]2C/C(=N\O)[C@@]3(C)CCC4c5ccc(F)cc5CCC4C23)nc1. The lowest BCUT2D eigenvalue weighted by atomic mass is 9.54. The van der Waals surface area contributed by atoms with Gasteiger partial charge in [0.2, 0.25) is 5.91 Å². The molecule has 5 rings (SSSR count). The molecule has 3 aliphatic rings. The Hall–Kier alpha value is -2.96. The van der Waals surface area contributed by atoms with Crippen molar-refractivity contribution < 1.29 is 19.1 Å². The number of benzene rings is 1. The molecule has 2 saturated carbocycles. The van der Waals surface area contributed by atoms with Crippen molar-refractivity contribution in [3.63, 3.8) is 0 Å².